The summed E-state index contributed by atoms with van der Waals surface area (Å²) >= 11 is 0. The van der Waals surface area contributed by atoms with Crippen molar-refractivity contribution in [2.24, 2.45) is 12.2 Å². The third-order valence-corrected chi connectivity index (χ3v) is 4.11. The molecule has 1 amide bonds. The molecule has 6 nitrogen and oxygen atoms in total. The molecule has 3 N–H and O–H groups in total. The van der Waals surface area contributed by atoms with Gasteiger partial charge in [0.15, 0.2) is 0 Å². The van der Waals surface area contributed by atoms with Gasteiger partial charge in [0, 0.05) is 19.3 Å². The van der Waals surface area contributed by atoms with E-state index in [-0.39, 0.29) is 16.8 Å². The van der Waals surface area contributed by atoms with Gasteiger partial charge in [-0.25, -0.2) is 13.6 Å². The van der Waals surface area contributed by atoms with Gasteiger partial charge in [-0.2, -0.15) is 0 Å². The van der Waals surface area contributed by atoms with Crippen molar-refractivity contribution in [3.63, 3.8) is 0 Å². The molecular weight excluding hydrogens is 254 g/mol. The average Bonchev–Trinajstić information content (AvgIpc) is 2.85. The number of amides is 1. The molecule has 0 saturated heterocycles. The fraction of sp³-hybridized carbons (Fsp3) is 0.545. The van der Waals surface area contributed by atoms with Crippen LogP contribution in [0.5, 0.6) is 0 Å². The molecule has 0 aliphatic heterocycles. The van der Waals surface area contributed by atoms with E-state index >= 15 is 0 Å². The second-order valence-electron chi connectivity index (χ2n) is 4.67. The number of hydrogen-bond acceptors (Lipinski definition) is 3. The molecule has 7 heteroatoms. The highest BCUT2D eigenvalue weighted by atomic mass is 32.2. The Hall–Kier alpha value is -1.34. The van der Waals surface area contributed by atoms with Gasteiger partial charge in [0.05, 0.1) is 0 Å². The number of sulfonamides is 1. The smallest absolute Gasteiger partial charge is 0.268 e. The van der Waals surface area contributed by atoms with E-state index in [2.05, 4.69) is 5.32 Å². The highest BCUT2D eigenvalue weighted by Crippen LogP contribution is 2.19. The summed E-state index contributed by atoms with van der Waals surface area (Å²) in [6.45, 7) is 0. The first kappa shape index (κ1) is 13.1. The maximum atomic E-state index is 12.0. The van der Waals surface area contributed by atoms with Crippen LogP contribution in [-0.4, -0.2) is 24.9 Å². The van der Waals surface area contributed by atoms with Crippen LogP contribution in [0.25, 0.3) is 0 Å². The number of carbonyl (C=O) groups excluding carboxylic acids is 1. The van der Waals surface area contributed by atoms with Gasteiger partial charge in [0.1, 0.15) is 10.6 Å². The van der Waals surface area contributed by atoms with Gasteiger partial charge in [-0.05, 0) is 18.9 Å². The van der Waals surface area contributed by atoms with Crippen molar-refractivity contribution in [2.75, 3.05) is 0 Å². The maximum absolute atomic E-state index is 12.0. The zero-order chi connectivity index (χ0) is 13.3. The van der Waals surface area contributed by atoms with E-state index in [1.807, 2.05) is 0 Å². The summed E-state index contributed by atoms with van der Waals surface area (Å²) in [5, 5.41) is 7.94. The molecule has 1 fully saturated rings. The molecule has 2 rings (SSSR count). The van der Waals surface area contributed by atoms with Crippen molar-refractivity contribution in [1.29, 1.82) is 0 Å². The van der Waals surface area contributed by atoms with Crippen molar-refractivity contribution in [3.05, 3.63) is 18.0 Å². The molecule has 1 saturated carbocycles. The normalized spacial score (nSPS) is 17.0. The molecular formula is C11H17N3O3S. The van der Waals surface area contributed by atoms with Crippen LogP contribution in [0, 0.1) is 0 Å². The third-order valence-electron chi connectivity index (χ3n) is 3.23. The largest absolute Gasteiger partial charge is 0.348 e. The molecule has 0 spiro atoms. The molecule has 1 aliphatic carbocycles. The molecule has 0 unspecified atom stereocenters. The Morgan fingerprint density at radius 3 is 2.56 bits per heavy atom. The van der Waals surface area contributed by atoms with E-state index in [1.165, 1.54) is 16.8 Å². The van der Waals surface area contributed by atoms with Gasteiger partial charge in [0.2, 0.25) is 10.0 Å². The first-order chi connectivity index (χ1) is 8.38. The summed E-state index contributed by atoms with van der Waals surface area (Å²) in [4.78, 5) is 12.0. The van der Waals surface area contributed by atoms with Crippen LogP contribution in [0.2, 0.25) is 0 Å². The number of aryl methyl sites for hydroxylation is 1. The molecule has 1 aliphatic rings. The van der Waals surface area contributed by atoms with E-state index in [1.54, 1.807) is 7.05 Å². The lowest BCUT2D eigenvalue weighted by atomic mass is 10.2. The van der Waals surface area contributed by atoms with Crippen molar-refractivity contribution in [3.8, 4) is 0 Å². The molecule has 100 valence electrons. The minimum Gasteiger partial charge on any atom is -0.348 e. The first-order valence-electron chi connectivity index (χ1n) is 5.88. The predicted molar refractivity (Wildman–Crippen MR) is 66.5 cm³/mol. The SMILES string of the molecule is Cn1cc(S(N)(=O)=O)cc1C(=O)NC1CCCC1. The lowest BCUT2D eigenvalue weighted by Crippen LogP contribution is -2.33. The summed E-state index contributed by atoms with van der Waals surface area (Å²) in [5.74, 6) is -0.251. The van der Waals surface area contributed by atoms with Crippen LogP contribution in [0.15, 0.2) is 17.2 Å². The second-order valence-corrected chi connectivity index (χ2v) is 6.23. The van der Waals surface area contributed by atoms with E-state index < -0.39 is 10.0 Å². The maximum Gasteiger partial charge on any atom is 0.268 e. The van der Waals surface area contributed by atoms with Crippen LogP contribution in [0.3, 0.4) is 0 Å². The van der Waals surface area contributed by atoms with E-state index in [9.17, 15) is 13.2 Å². The molecule has 1 aromatic rings. The summed E-state index contributed by atoms with van der Waals surface area (Å²) in [6, 6.07) is 1.50. The Morgan fingerprint density at radius 1 is 1.44 bits per heavy atom. The standard InChI is InChI=1S/C11H17N3O3S/c1-14-7-9(18(12,16)17)6-10(14)11(15)13-8-4-2-3-5-8/h6-8H,2-5H2,1H3,(H,13,15)(H2,12,16,17). The predicted octanol–water partition coefficient (Wildman–Crippen LogP) is 0.345. The molecule has 1 aromatic heterocycles. The highest BCUT2D eigenvalue weighted by molar-refractivity contribution is 7.89. The highest BCUT2D eigenvalue weighted by Gasteiger charge is 2.21. The Kier molecular flexibility index (Phi) is 3.45. The number of nitrogens with zero attached hydrogens (tertiary/aromatic N) is 1. The molecule has 18 heavy (non-hydrogen) atoms. The van der Waals surface area contributed by atoms with Crippen LogP contribution >= 0.6 is 0 Å². The molecule has 0 aromatic carbocycles. The quantitative estimate of drug-likeness (QED) is 0.830. The summed E-state index contributed by atoms with van der Waals surface area (Å²) in [7, 11) is -2.14. The zero-order valence-electron chi connectivity index (χ0n) is 10.2. The minimum atomic E-state index is -3.77. The number of nitrogens with two attached hydrogens (primary N) is 1. The minimum absolute atomic E-state index is 0.0402. The molecule has 0 atom stereocenters. The zero-order valence-corrected chi connectivity index (χ0v) is 11.0. The van der Waals surface area contributed by atoms with Crippen molar-refractivity contribution >= 4 is 15.9 Å². The number of rotatable bonds is 3. The van der Waals surface area contributed by atoms with Crippen molar-refractivity contribution < 1.29 is 13.2 Å². The fourth-order valence-corrected chi connectivity index (χ4v) is 2.83. The van der Waals surface area contributed by atoms with Gasteiger partial charge < -0.3 is 9.88 Å². The van der Waals surface area contributed by atoms with Crippen LogP contribution in [-0.2, 0) is 17.1 Å². The second kappa shape index (κ2) is 4.74. The third kappa shape index (κ3) is 2.73. The summed E-state index contributed by atoms with van der Waals surface area (Å²) in [6.07, 6.45) is 5.57. The van der Waals surface area contributed by atoms with Crippen molar-refractivity contribution in [1.82, 2.24) is 9.88 Å². The number of nitrogens with one attached hydrogen (secondary N) is 1. The Bertz CT molecular complexity index is 556. The number of primary sulfonamides is 1. The average molecular weight is 271 g/mol. The summed E-state index contributed by atoms with van der Waals surface area (Å²) in [5.41, 5.74) is 0.311. The topological polar surface area (TPSA) is 94.2 Å². The van der Waals surface area contributed by atoms with Gasteiger partial charge in [-0.1, -0.05) is 12.8 Å². The van der Waals surface area contributed by atoms with E-state index in [0.717, 1.165) is 25.7 Å². The van der Waals surface area contributed by atoms with E-state index in [4.69, 9.17) is 5.14 Å². The monoisotopic (exact) mass is 271 g/mol. The van der Waals surface area contributed by atoms with Crippen LogP contribution in [0.1, 0.15) is 36.2 Å². The van der Waals surface area contributed by atoms with Crippen LogP contribution in [0.4, 0.5) is 0 Å². The Morgan fingerprint density at radius 2 is 2.06 bits per heavy atom. The van der Waals surface area contributed by atoms with Gasteiger partial charge in [0.25, 0.3) is 5.91 Å². The lowest BCUT2D eigenvalue weighted by molar-refractivity contribution is 0.0929. The van der Waals surface area contributed by atoms with Gasteiger partial charge in [-0.3, -0.25) is 4.79 Å². The van der Waals surface area contributed by atoms with Crippen LogP contribution < -0.4 is 10.5 Å². The fourth-order valence-electron chi connectivity index (χ4n) is 2.25. The number of hydrogen-bond donors (Lipinski definition) is 2. The van der Waals surface area contributed by atoms with Gasteiger partial charge in [-0.15, -0.1) is 0 Å². The summed E-state index contributed by atoms with van der Waals surface area (Å²) < 4.78 is 23.9. The lowest BCUT2D eigenvalue weighted by Gasteiger charge is -2.11. The Balaban J connectivity index is 2.17. The number of carbonyl (C=O) groups is 1. The molecule has 0 radical (unpaired) electrons. The van der Waals surface area contributed by atoms with Crippen molar-refractivity contribution in [2.45, 2.75) is 36.6 Å². The number of aromatic nitrogens is 1. The molecule has 1 heterocycles. The molecule has 0 bridgehead atoms. The van der Waals surface area contributed by atoms with Gasteiger partial charge >= 0.3 is 0 Å². The Labute approximate surface area is 106 Å². The first-order valence-corrected chi connectivity index (χ1v) is 7.42. The van der Waals surface area contributed by atoms with E-state index in [0.29, 0.717) is 5.69 Å².